The number of thiophene rings is 1. The summed E-state index contributed by atoms with van der Waals surface area (Å²) in [4.78, 5) is 16.8. The maximum Gasteiger partial charge on any atom is 0.254 e. The van der Waals surface area contributed by atoms with Gasteiger partial charge in [0.05, 0.1) is 12.1 Å². The van der Waals surface area contributed by atoms with E-state index in [-0.39, 0.29) is 11.9 Å². The molecule has 1 aliphatic heterocycles. The number of carbonyl (C=O) groups excluding carboxylic acids is 1. The number of hydrogen-bond donors (Lipinski definition) is 0. The van der Waals surface area contributed by atoms with Crippen LogP contribution in [-0.4, -0.2) is 30.6 Å². The average molecular weight is 390 g/mol. The van der Waals surface area contributed by atoms with Gasteiger partial charge in [-0.05, 0) is 79.3 Å². The average Bonchev–Trinajstić information content (AvgIpc) is 3.16. The van der Waals surface area contributed by atoms with Crippen molar-refractivity contribution in [3.63, 3.8) is 0 Å². The fourth-order valence-corrected chi connectivity index (χ4v) is 5.72. The molecule has 1 amide bonds. The Hall–Kier alpha value is -1.36. The zero-order valence-corrected chi connectivity index (χ0v) is 16.6. The van der Waals surface area contributed by atoms with E-state index in [1.807, 2.05) is 12.1 Å². The van der Waals surface area contributed by atoms with Crippen molar-refractivity contribution in [3.05, 3.63) is 56.7 Å². The van der Waals surface area contributed by atoms with Crippen molar-refractivity contribution in [1.82, 2.24) is 4.90 Å². The summed E-state index contributed by atoms with van der Waals surface area (Å²) in [5.74, 6) is 0.634. The smallest absolute Gasteiger partial charge is 0.254 e. The molecule has 0 saturated heterocycles. The molecule has 138 valence electrons. The van der Waals surface area contributed by atoms with E-state index in [9.17, 15) is 4.79 Å². The first-order valence-corrected chi connectivity index (χ1v) is 10.6. The summed E-state index contributed by atoms with van der Waals surface area (Å²) in [5, 5.41) is 2.84. The Balaban J connectivity index is 1.62. The molecule has 2 heterocycles. The fraction of sp³-hybridized carbons (Fsp3) is 0.476. The van der Waals surface area contributed by atoms with Crippen molar-refractivity contribution < 1.29 is 9.53 Å². The zero-order valence-electron chi connectivity index (χ0n) is 15.0. The lowest BCUT2D eigenvalue weighted by atomic mass is 9.79. The van der Waals surface area contributed by atoms with Gasteiger partial charge in [-0.3, -0.25) is 4.79 Å². The molecule has 1 fully saturated rings. The van der Waals surface area contributed by atoms with Gasteiger partial charge in [-0.1, -0.05) is 11.6 Å². The summed E-state index contributed by atoms with van der Waals surface area (Å²) in [6, 6.07) is 9.71. The molecule has 5 heteroatoms. The normalized spacial score (nSPS) is 25.8. The zero-order chi connectivity index (χ0) is 18.1. The van der Waals surface area contributed by atoms with Gasteiger partial charge in [0, 0.05) is 29.1 Å². The third kappa shape index (κ3) is 3.42. The Morgan fingerprint density at radius 3 is 2.58 bits per heavy atom. The minimum Gasteiger partial charge on any atom is -0.381 e. The summed E-state index contributed by atoms with van der Waals surface area (Å²) in [6.07, 6.45) is 5.72. The number of benzene rings is 1. The summed E-state index contributed by atoms with van der Waals surface area (Å²) in [5.41, 5.74) is 2.15. The number of rotatable bonds is 3. The molecule has 1 unspecified atom stereocenters. The molecule has 0 N–H and O–H groups in total. The van der Waals surface area contributed by atoms with Crippen molar-refractivity contribution in [3.8, 4) is 0 Å². The van der Waals surface area contributed by atoms with Crippen LogP contribution in [0, 0.1) is 5.92 Å². The Bertz CT molecular complexity index is 765. The van der Waals surface area contributed by atoms with E-state index in [0.717, 1.165) is 44.2 Å². The first kappa shape index (κ1) is 18.0. The van der Waals surface area contributed by atoms with Crippen molar-refractivity contribution in [2.24, 2.45) is 5.92 Å². The number of ether oxygens (including phenoxy) is 1. The molecule has 1 atom stereocenters. The minimum absolute atomic E-state index is 0.125. The minimum atomic E-state index is 0.125. The number of hydrogen-bond acceptors (Lipinski definition) is 3. The highest BCUT2D eigenvalue weighted by molar-refractivity contribution is 7.10. The Kier molecular flexibility index (Phi) is 5.35. The van der Waals surface area contributed by atoms with E-state index in [1.165, 1.54) is 10.4 Å². The van der Waals surface area contributed by atoms with Crippen LogP contribution in [0.1, 0.15) is 52.5 Å². The van der Waals surface area contributed by atoms with Gasteiger partial charge in [0.25, 0.3) is 5.91 Å². The monoisotopic (exact) mass is 389 g/mol. The number of amides is 1. The van der Waals surface area contributed by atoms with Gasteiger partial charge < -0.3 is 9.64 Å². The van der Waals surface area contributed by atoms with Gasteiger partial charge in [-0.15, -0.1) is 11.3 Å². The lowest BCUT2D eigenvalue weighted by Gasteiger charge is -2.42. The second kappa shape index (κ2) is 7.71. The highest BCUT2D eigenvalue weighted by Gasteiger charge is 2.39. The molecular formula is C21H24ClNO2S. The number of methoxy groups -OCH3 is 1. The first-order valence-electron chi connectivity index (χ1n) is 9.33. The summed E-state index contributed by atoms with van der Waals surface area (Å²) in [6.45, 7) is 0.792. The van der Waals surface area contributed by atoms with E-state index in [4.69, 9.17) is 16.3 Å². The lowest BCUT2D eigenvalue weighted by Crippen LogP contribution is -2.43. The largest absolute Gasteiger partial charge is 0.381 e. The van der Waals surface area contributed by atoms with E-state index in [0.29, 0.717) is 17.0 Å². The molecule has 4 rings (SSSR count). The highest BCUT2D eigenvalue weighted by Crippen LogP contribution is 2.45. The van der Waals surface area contributed by atoms with Crippen molar-refractivity contribution in [2.75, 3.05) is 13.7 Å². The molecule has 2 aliphatic rings. The third-order valence-corrected chi connectivity index (χ3v) is 7.14. The van der Waals surface area contributed by atoms with Gasteiger partial charge in [-0.2, -0.15) is 0 Å². The molecule has 0 radical (unpaired) electrons. The third-order valence-electron chi connectivity index (χ3n) is 5.86. The van der Waals surface area contributed by atoms with E-state index >= 15 is 0 Å². The van der Waals surface area contributed by atoms with Gasteiger partial charge >= 0.3 is 0 Å². The van der Waals surface area contributed by atoms with E-state index < -0.39 is 0 Å². The van der Waals surface area contributed by atoms with Crippen molar-refractivity contribution >= 4 is 28.8 Å². The fourth-order valence-electron chi connectivity index (χ4n) is 4.43. The topological polar surface area (TPSA) is 29.5 Å². The van der Waals surface area contributed by atoms with Crippen molar-refractivity contribution in [1.29, 1.82) is 0 Å². The molecule has 1 saturated carbocycles. The molecule has 0 bridgehead atoms. The van der Waals surface area contributed by atoms with Crippen LogP contribution in [0.4, 0.5) is 0 Å². The van der Waals surface area contributed by atoms with Crippen LogP contribution in [0.25, 0.3) is 0 Å². The molecule has 1 aliphatic carbocycles. The van der Waals surface area contributed by atoms with Crippen LogP contribution >= 0.6 is 22.9 Å². The van der Waals surface area contributed by atoms with Crippen molar-refractivity contribution in [2.45, 2.75) is 44.2 Å². The van der Waals surface area contributed by atoms with Gasteiger partial charge in [0.15, 0.2) is 0 Å². The maximum atomic E-state index is 13.3. The molecule has 0 spiro atoms. The molecule has 2 aromatic rings. The van der Waals surface area contributed by atoms with Crippen LogP contribution in [0.2, 0.25) is 5.02 Å². The van der Waals surface area contributed by atoms with Crippen LogP contribution in [0.5, 0.6) is 0 Å². The number of halogens is 1. The Labute approximate surface area is 163 Å². The Morgan fingerprint density at radius 1 is 1.15 bits per heavy atom. The van der Waals surface area contributed by atoms with Crippen LogP contribution in [0.3, 0.4) is 0 Å². The quantitative estimate of drug-likeness (QED) is 0.708. The van der Waals surface area contributed by atoms with Gasteiger partial charge in [0.2, 0.25) is 0 Å². The van der Waals surface area contributed by atoms with E-state index in [2.05, 4.69) is 16.3 Å². The SMILES string of the molecule is COC1CCC(C2c3sccc3CCN2C(=O)c2ccc(Cl)cc2)CC1. The molecule has 3 nitrogen and oxygen atoms in total. The maximum absolute atomic E-state index is 13.3. The second-order valence-electron chi connectivity index (χ2n) is 7.28. The number of carbonyl (C=O) groups is 1. The summed E-state index contributed by atoms with van der Waals surface area (Å²) >= 11 is 7.80. The molecule has 1 aromatic heterocycles. The lowest BCUT2D eigenvalue weighted by molar-refractivity contribution is 0.0275. The molecule has 26 heavy (non-hydrogen) atoms. The predicted octanol–water partition coefficient (Wildman–Crippen LogP) is 5.35. The van der Waals surface area contributed by atoms with Gasteiger partial charge in [0.1, 0.15) is 0 Å². The second-order valence-corrected chi connectivity index (χ2v) is 8.67. The predicted molar refractivity (Wildman–Crippen MR) is 106 cm³/mol. The first-order chi connectivity index (χ1) is 12.7. The summed E-state index contributed by atoms with van der Waals surface area (Å²) < 4.78 is 5.55. The number of fused-ring (bicyclic) bond motifs is 1. The molecule has 1 aromatic carbocycles. The molecular weight excluding hydrogens is 366 g/mol. The number of nitrogens with zero attached hydrogens (tertiary/aromatic N) is 1. The van der Waals surface area contributed by atoms with Crippen LogP contribution in [-0.2, 0) is 11.2 Å². The Morgan fingerprint density at radius 2 is 1.88 bits per heavy atom. The summed E-state index contributed by atoms with van der Waals surface area (Å²) in [7, 11) is 1.80. The van der Waals surface area contributed by atoms with E-state index in [1.54, 1.807) is 30.6 Å². The van der Waals surface area contributed by atoms with Crippen LogP contribution < -0.4 is 0 Å². The van der Waals surface area contributed by atoms with Gasteiger partial charge in [-0.25, -0.2) is 0 Å². The highest BCUT2D eigenvalue weighted by atomic mass is 35.5. The van der Waals surface area contributed by atoms with Crippen LogP contribution in [0.15, 0.2) is 35.7 Å². The standard InChI is InChI=1S/C21H24ClNO2S/c1-25-18-8-4-14(5-9-18)19-20-15(11-13-26-20)10-12-23(19)21(24)16-2-6-17(22)7-3-16/h2-3,6-7,11,13-14,18-19H,4-5,8-10,12H2,1H3.